The number of hydrogen-bond acceptors (Lipinski definition) is 5. The summed E-state index contributed by atoms with van der Waals surface area (Å²) in [6.45, 7) is 0.341. The average molecular weight is 457 g/mol. The number of hydrogen-bond donors (Lipinski definition) is 0. The molecule has 2 aromatic carbocycles. The number of rotatable bonds is 7. The molecule has 146 valence electrons. The second kappa shape index (κ2) is 8.83. The molecule has 0 spiro atoms. The summed E-state index contributed by atoms with van der Waals surface area (Å²) < 4.78 is 31.4. The highest BCUT2D eigenvalue weighted by Gasteiger charge is 2.21. The van der Waals surface area contributed by atoms with Crippen LogP contribution in [0.2, 0.25) is 0 Å². The van der Waals surface area contributed by atoms with Gasteiger partial charge in [-0.15, -0.1) is 0 Å². The third-order valence-electron chi connectivity index (χ3n) is 3.99. The van der Waals surface area contributed by atoms with Gasteiger partial charge in [0.15, 0.2) is 0 Å². The molecule has 0 aliphatic rings. The van der Waals surface area contributed by atoms with E-state index in [0.717, 1.165) is 14.5 Å². The lowest BCUT2D eigenvalue weighted by molar-refractivity contribution is -0.0258. The van der Waals surface area contributed by atoms with Gasteiger partial charge in [-0.3, -0.25) is 9.63 Å². The summed E-state index contributed by atoms with van der Waals surface area (Å²) in [5.41, 5.74) is 1.23. The summed E-state index contributed by atoms with van der Waals surface area (Å²) in [5, 5.41) is 0. The quantitative estimate of drug-likeness (QED) is 0.598. The molecule has 0 saturated heterocycles. The Bertz CT molecular complexity index is 916. The van der Waals surface area contributed by atoms with Gasteiger partial charge in [-0.05, 0) is 42.5 Å². The Kier molecular flexibility index (Phi) is 6.99. The molecule has 0 radical (unpaired) electrons. The van der Waals surface area contributed by atoms with Crippen molar-refractivity contribution in [3.63, 3.8) is 0 Å². The fourth-order valence-electron chi connectivity index (χ4n) is 2.43. The molecule has 9 heteroatoms. The van der Waals surface area contributed by atoms with Gasteiger partial charge in [0.05, 0.1) is 19.1 Å². The van der Waals surface area contributed by atoms with E-state index in [4.69, 9.17) is 9.57 Å². The minimum Gasteiger partial charge on any atom is -0.496 e. The molecule has 0 atom stereocenters. The van der Waals surface area contributed by atoms with Crippen molar-refractivity contribution in [3.8, 4) is 5.75 Å². The lowest BCUT2D eigenvalue weighted by Crippen LogP contribution is -2.27. The van der Waals surface area contributed by atoms with Crippen molar-refractivity contribution in [3.05, 3.63) is 58.1 Å². The Balaban J connectivity index is 2.19. The number of carbonyl (C=O) groups excluding carboxylic acids is 1. The molecule has 0 aromatic heterocycles. The number of methoxy groups -OCH3 is 1. The van der Waals surface area contributed by atoms with Crippen LogP contribution in [-0.4, -0.2) is 52.0 Å². The van der Waals surface area contributed by atoms with E-state index in [2.05, 4.69) is 15.9 Å². The van der Waals surface area contributed by atoms with Gasteiger partial charge >= 0.3 is 0 Å². The molecule has 27 heavy (non-hydrogen) atoms. The van der Waals surface area contributed by atoms with Crippen LogP contribution in [0.1, 0.15) is 15.9 Å². The molecule has 1 amide bonds. The van der Waals surface area contributed by atoms with Gasteiger partial charge in [0, 0.05) is 36.2 Å². The second-order valence-corrected chi connectivity index (χ2v) is 8.59. The van der Waals surface area contributed by atoms with Crippen molar-refractivity contribution >= 4 is 31.9 Å². The van der Waals surface area contributed by atoms with Crippen LogP contribution in [-0.2, 0) is 21.4 Å². The Morgan fingerprint density at radius 3 is 2.26 bits per heavy atom. The summed E-state index contributed by atoms with van der Waals surface area (Å²) in [6.07, 6.45) is 0. The zero-order valence-corrected chi connectivity index (χ0v) is 17.9. The molecule has 2 aromatic rings. The Morgan fingerprint density at radius 2 is 1.70 bits per heavy atom. The summed E-state index contributed by atoms with van der Waals surface area (Å²) in [4.78, 5) is 19.0. The van der Waals surface area contributed by atoms with E-state index in [0.29, 0.717) is 17.9 Å². The monoisotopic (exact) mass is 456 g/mol. The number of nitrogens with zero attached hydrogens (tertiary/aromatic N) is 2. The van der Waals surface area contributed by atoms with E-state index in [9.17, 15) is 13.2 Å². The first kappa shape index (κ1) is 21.4. The first-order chi connectivity index (χ1) is 12.7. The first-order valence-corrected chi connectivity index (χ1v) is 10.1. The van der Waals surface area contributed by atoms with Crippen LogP contribution >= 0.6 is 15.9 Å². The summed E-state index contributed by atoms with van der Waals surface area (Å²) in [5.74, 6) is 0.447. The number of halogens is 1. The maximum absolute atomic E-state index is 12.7. The van der Waals surface area contributed by atoms with Gasteiger partial charge < -0.3 is 9.64 Å². The van der Waals surface area contributed by atoms with Crippen molar-refractivity contribution in [2.45, 2.75) is 11.4 Å². The van der Waals surface area contributed by atoms with E-state index >= 15 is 0 Å². The van der Waals surface area contributed by atoms with Gasteiger partial charge in [-0.2, -0.15) is 0 Å². The number of hydroxylamine groups is 1. The maximum Gasteiger partial charge on any atom is 0.264 e. The summed E-state index contributed by atoms with van der Waals surface area (Å²) >= 11 is 3.41. The van der Waals surface area contributed by atoms with Gasteiger partial charge in [-0.1, -0.05) is 20.4 Å². The molecule has 2 rings (SSSR count). The fourth-order valence-corrected chi connectivity index (χ4v) is 3.82. The topological polar surface area (TPSA) is 76.2 Å². The lowest BCUT2D eigenvalue weighted by atomic mass is 10.1. The van der Waals surface area contributed by atoms with Crippen LogP contribution in [0.25, 0.3) is 0 Å². The second-order valence-electron chi connectivity index (χ2n) is 5.74. The highest BCUT2D eigenvalue weighted by molar-refractivity contribution is 9.10. The largest absolute Gasteiger partial charge is 0.496 e. The van der Waals surface area contributed by atoms with Crippen molar-refractivity contribution in [2.75, 3.05) is 28.3 Å². The van der Waals surface area contributed by atoms with Crippen LogP contribution in [0, 0.1) is 0 Å². The van der Waals surface area contributed by atoms with Gasteiger partial charge in [-0.25, -0.2) is 8.42 Å². The zero-order valence-electron chi connectivity index (χ0n) is 15.5. The Labute approximate surface area is 167 Å². The molecule has 0 heterocycles. The van der Waals surface area contributed by atoms with E-state index in [1.54, 1.807) is 14.2 Å². The molecule has 0 aliphatic carbocycles. The standard InChI is InChI=1S/C18H21BrN2O5S/c1-20(12-14-11-15(19)7-10-17(14)25-3)18(22)13-5-8-16(9-6-13)27(23,24)21(2)26-4/h5-11H,12H2,1-4H3. The lowest BCUT2D eigenvalue weighted by Gasteiger charge is -2.19. The highest BCUT2D eigenvalue weighted by Crippen LogP contribution is 2.24. The number of sulfonamides is 1. The van der Waals surface area contributed by atoms with E-state index in [1.165, 1.54) is 43.3 Å². The van der Waals surface area contributed by atoms with E-state index in [-0.39, 0.29) is 10.8 Å². The summed E-state index contributed by atoms with van der Waals surface area (Å²) in [7, 11) is 2.06. The Morgan fingerprint density at radius 1 is 1.07 bits per heavy atom. The van der Waals surface area contributed by atoms with Crippen LogP contribution in [0.4, 0.5) is 0 Å². The molecule has 0 aliphatic heterocycles. The molecular weight excluding hydrogens is 436 g/mol. The molecule has 0 saturated carbocycles. The molecule has 0 fully saturated rings. The maximum atomic E-state index is 12.7. The van der Waals surface area contributed by atoms with Crippen molar-refractivity contribution < 1.29 is 22.8 Å². The van der Waals surface area contributed by atoms with Crippen LogP contribution in [0.3, 0.4) is 0 Å². The third kappa shape index (κ3) is 4.86. The minimum absolute atomic E-state index is 0.0414. The van der Waals surface area contributed by atoms with Crippen molar-refractivity contribution in [2.24, 2.45) is 0 Å². The van der Waals surface area contributed by atoms with Crippen LogP contribution in [0.15, 0.2) is 51.8 Å². The van der Waals surface area contributed by atoms with Crippen molar-refractivity contribution in [1.82, 2.24) is 9.37 Å². The smallest absolute Gasteiger partial charge is 0.264 e. The van der Waals surface area contributed by atoms with E-state index in [1.807, 2.05) is 18.2 Å². The van der Waals surface area contributed by atoms with Crippen LogP contribution < -0.4 is 4.74 Å². The number of carbonyl (C=O) groups is 1. The predicted octanol–water partition coefficient (Wildman–Crippen LogP) is 2.91. The molecule has 0 N–H and O–H groups in total. The first-order valence-electron chi connectivity index (χ1n) is 7.91. The fraction of sp³-hybridized carbons (Fsp3) is 0.278. The van der Waals surface area contributed by atoms with Crippen LogP contribution in [0.5, 0.6) is 5.75 Å². The average Bonchev–Trinajstić information content (AvgIpc) is 2.66. The number of amides is 1. The van der Waals surface area contributed by atoms with Gasteiger partial charge in [0.2, 0.25) is 0 Å². The number of ether oxygens (including phenoxy) is 1. The minimum atomic E-state index is -3.75. The zero-order chi connectivity index (χ0) is 20.2. The van der Waals surface area contributed by atoms with Gasteiger partial charge in [0.1, 0.15) is 5.75 Å². The molecule has 0 unspecified atom stereocenters. The number of benzene rings is 2. The SMILES string of the molecule is COc1ccc(Br)cc1CN(C)C(=O)c1ccc(S(=O)(=O)N(C)OC)cc1. The van der Waals surface area contributed by atoms with Gasteiger partial charge in [0.25, 0.3) is 15.9 Å². The summed E-state index contributed by atoms with van der Waals surface area (Å²) in [6, 6.07) is 11.3. The molecular formula is C18H21BrN2O5S. The third-order valence-corrected chi connectivity index (χ3v) is 6.18. The molecule has 7 nitrogen and oxygen atoms in total. The van der Waals surface area contributed by atoms with Crippen molar-refractivity contribution in [1.29, 1.82) is 0 Å². The van der Waals surface area contributed by atoms with E-state index < -0.39 is 10.0 Å². The predicted molar refractivity (Wildman–Crippen MR) is 105 cm³/mol. The normalized spacial score (nSPS) is 11.5. The molecule has 0 bridgehead atoms. The Hall–Kier alpha value is -1.94. The highest BCUT2D eigenvalue weighted by atomic mass is 79.9.